The van der Waals surface area contributed by atoms with Gasteiger partial charge in [0.25, 0.3) is 0 Å². The van der Waals surface area contributed by atoms with Gasteiger partial charge in [-0.3, -0.25) is 0 Å². The molecule has 0 aliphatic heterocycles. The Bertz CT molecular complexity index is 427. The van der Waals surface area contributed by atoms with E-state index in [2.05, 4.69) is 44.3 Å². The molecule has 20 heavy (non-hydrogen) atoms. The van der Waals surface area contributed by atoms with Crippen LogP contribution in [0.3, 0.4) is 0 Å². The first-order chi connectivity index (χ1) is 9.58. The van der Waals surface area contributed by atoms with E-state index in [4.69, 9.17) is 4.74 Å². The third kappa shape index (κ3) is 3.35. The number of rotatable bonds is 5. The highest BCUT2D eigenvalue weighted by Crippen LogP contribution is 2.47. The Morgan fingerprint density at radius 3 is 2.80 bits per heavy atom. The maximum atomic E-state index is 5.39. The third-order valence-corrected chi connectivity index (χ3v) is 4.87. The average Bonchev–Trinajstić information content (AvgIpc) is 2.45. The normalized spacial score (nSPS) is 23.3. The van der Waals surface area contributed by atoms with Crippen LogP contribution in [0.4, 0.5) is 0 Å². The van der Waals surface area contributed by atoms with Crippen molar-refractivity contribution >= 4 is 0 Å². The van der Waals surface area contributed by atoms with Crippen LogP contribution in [0.5, 0.6) is 5.75 Å². The molecule has 1 N–H and O–H groups in total. The number of hydrogen-bond acceptors (Lipinski definition) is 2. The lowest BCUT2D eigenvalue weighted by atomic mass is 9.65. The molecule has 0 aromatic heterocycles. The predicted octanol–water partition coefficient (Wildman–Crippen LogP) is 4.56. The standard InChI is InChI=1S/C18H29NO/c1-5-19-17(14-9-8-10-15(13-14)20-4)16-11-6-7-12-18(16,2)3/h8-10,13,16-17,19H,5-7,11-12H2,1-4H3. The molecular formula is C18H29NO. The SMILES string of the molecule is CCNC(c1cccc(OC)c1)C1CCCCC1(C)C. The summed E-state index contributed by atoms with van der Waals surface area (Å²) >= 11 is 0. The number of hydrogen-bond donors (Lipinski definition) is 1. The summed E-state index contributed by atoms with van der Waals surface area (Å²) in [4.78, 5) is 0. The van der Waals surface area contributed by atoms with E-state index >= 15 is 0 Å². The van der Waals surface area contributed by atoms with E-state index in [9.17, 15) is 0 Å². The van der Waals surface area contributed by atoms with Gasteiger partial charge in [0, 0.05) is 6.04 Å². The number of ether oxygens (including phenoxy) is 1. The van der Waals surface area contributed by atoms with E-state index in [1.807, 2.05) is 6.07 Å². The zero-order valence-corrected chi connectivity index (χ0v) is 13.4. The van der Waals surface area contributed by atoms with Gasteiger partial charge in [-0.15, -0.1) is 0 Å². The van der Waals surface area contributed by atoms with Crippen molar-refractivity contribution in [2.45, 2.75) is 52.5 Å². The van der Waals surface area contributed by atoms with Crippen LogP contribution in [-0.2, 0) is 0 Å². The van der Waals surface area contributed by atoms with Crippen LogP contribution in [0.25, 0.3) is 0 Å². The molecule has 1 aliphatic carbocycles. The van der Waals surface area contributed by atoms with E-state index in [0.29, 0.717) is 17.4 Å². The van der Waals surface area contributed by atoms with Crippen LogP contribution >= 0.6 is 0 Å². The van der Waals surface area contributed by atoms with Gasteiger partial charge in [0.05, 0.1) is 7.11 Å². The zero-order chi connectivity index (χ0) is 14.6. The van der Waals surface area contributed by atoms with Gasteiger partial charge in [-0.05, 0) is 48.4 Å². The lowest BCUT2D eigenvalue weighted by Crippen LogP contribution is -2.39. The number of nitrogens with one attached hydrogen (secondary N) is 1. The molecule has 0 radical (unpaired) electrons. The summed E-state index contributed by atoms with van der Waals surface area (Å²) in [5.74, 6) is 1.65. The molecule has 1 aromatic carbocycles. The van der Waals surface area contributed by atoms with Crippen LogP contribution in [-0.4, -0.2) is 13.7 Å². The van der Waals surface area contributed by atoms with Crippen molar-refractivity contribution in [3.8, 4) is 5.75 Å². The second-order valence-corrected chi connectivity index (χ2v) is 6.65. The fraction of sp³-hybridized carbons (Fsp3) is 0.667. The molecule has 0 spiro atoms. The summed E-state index contributed by atoms with van der Waals surface area (Å²) in [5.41, 5.74) is 1.78. The Balaban J connectivity index is 2.29. The smallest absolute Gasteiger partial charge is 0.119 e. The topological polar surface area (TPSA) is 21.3 Å². The average molecular weight is 275 g/mol. The molecule has 1 aromatic rings. The molecule has 1 aliphatic rings. The quantitative estimate of drug-likeness (QED) is 0.850. The summed E-state index contributed by atoms with van der Waals surface area (Å²) in [7, 11) is 1.74. The first-order valence-corrected chi connectivity index (χ1v) is 7.96. The Hall–Kier alpha value is -1.02. The van der Waals surface area contributed by atoms with Crippen molar-refractivity contribution in [1.29, 1.82) is 0 Å². The summed E-state index contributed by atoms with van der Waals surface area (Å²) in [6.07, 6.45) is 5.39. The summed E-state index contributed by atoms with van der Waals surface area (Å²) in [6, 6.07) is 9.00. The van der Waals surface area contributed by atoms with Gasteiger partial charge in [0.2, 0.25) is 0 Å². The minimum Gasteiger partial charge on any atom is -0.497 e. The van der Waals surface area contributed by atoms with Crippen LogP contribution in [0.15, 0.2) is 24.3 Å². The van der Waals surface area contributed by atoms with Crippen LogP contribution in [0.1, 0.15) is 58.1 Å². The van der Waals surface area contributed by atoms with Crippen molar-refractivity contribution in [1.82, 2.24) is 5.32 Å². The van der Waals surface area contributed by atoms with Crippen LogP contribution < -0.4 is 10.1 Å². The first kappa shape index (κ1) is 15.4. The molecule has 2 atom stereocenters. The fourth-order valence-electron chi connectivity index (χ4n) is 3.69. The van der Waals surface area contributed by atoms with Gasteiger partial charge in [0.1, 0.15) is 5.75 Å². The van der Waals surface area contributed by atoms with Crippen molar-refractivity contribution in [2.24, 2.45) is 11.3 Å². The summed E-state index contributed by atoms with van der Waals surface area (Å²) < 4.78 is 5.39. The molecule has 0 saturated heterocycles. The maximum absolute atomic E-state index is 5.39. The van der Waals surface area contributed by atoms with Gasteiger partial charge in [-0.2, -0.15) is 0 Å². The number of methoxy groups -OCH3 is 1. The van der Waals surface area contributed by atoms with E-state index in [1.165, 1.54) is 31.2 Å². The molecule has 0 amide bonds. The lowest BCUT2D eigenvalue weighted by Gasteiger charge is -2.43. The largest absolute Gasteiger partial charge is 0.497 e. The molecule has 2 rings (SSSR count). The van der Waals surface area contributed by atoms with Gasteiger partial charge in [0.15, 0.2) is 0 Å². The van der Waals surface area contributed by atoms with Crippen LogP contribution in [0, 0.1) is 11.3 Å². The third-order valence-electron chi connectivity index (χ3n) is 4.87. The van der Waals surface area contributed by atoms with Gasteiger partial charge < -0.3 is 10.1 Å². The number of benzene rings is 1. The van der Waals surface area contributed by atoms with Crippen molar-refractivity contribution in [3.63, 3.8) is 0 Å². The summed E-state index contributed by atoms with van der Waals surface area (Å²) in [5, 5.41) is 3.72. The van der Waals surface area contributed by atoms with Crippen molar-refractivity contribution < 1.29 is 4.74 Å². The van der Waals surface area contributed by atoms with Crippen molar-refractivity contribution in [3.05, 3.63) is 29.8 Å². The molecule has 2 unspecified atom stereocenters. The zero-order valence-electron chi connectivity index (χ0n) is 13.4. The van der Waals surface area contributed by atoms with Crippen LogP contribution in [0.2, 0.25) is 0 Å². The van der Waals surface area contributed by atoms with E-state index < -0.39 is 0 Å². The van der Waals surface area contributed by atoms with E-state index in [0.717, 1.165) is 12.3 Å². The highest BCUT2D eigenvalue weighted by Gasteiger charge is 2.37. The minimum atomic E-state index is 0.411. The highest BCUT2D eigenvalue weighted by atomic mass is 16.5. The molecule has 0 heterocycles. The Kier molecular flexibility index (Phi) is 5.09. The van der Waals surface area contributed by atoms with Gasteiger partial charge in [-0.25, -0.2) is 0 Å². The Morgan fingerprint density at radius 2 is 2.15 bits per heavy atom. The van der Waals surface area contributed by atoms with E-state index in [-0.39, 0.29) is 0 Å². The molecular weight excluding hydrogens is 246 g/mol. The van der Waals surface area contributed by atoms with Crippen molar-refractivity contribution in [2.75, 3.05) is 13.7 Å². The molecule has 2 heteroatoms. The predicted molar refractivity (Wildman–Crippen MR) is 85.2 cm³/mol. The monoisotopic (exact) mass is 275 g/mol. The first-order valence-electron chi connectivity index (χ1n) is 7.96. The Labute approximate surface area is 123 Å². The van der Waals surface area contributed by atoms with E-state index in [1.54, 1.807) is 7.11 Å². The second-order valence-electron chi connectivity index (χ2n) is 6.65. The highest BCUT2D eigenvalue weighted by molar-refractivity contribution is 5.31. The summed E-state index contributed by atoms with van der Waals surface area (Å²) in [6.45, 7) is 8.07. The molecule has 1 fully saturated rings. The minimum absolute atomic E-state index is 0.411. The fourth-order valence-corrected chi connectivity index (χ4v) is 3.69. The molecule has 112 valence electrons. The molecule has 0 bridgehead atoms. The lowest BCUT2D eigenvalue weighted by molar-refractivity contribution is 0.0987. The molecule has 1 saturated carbocycles. The maximum Gasteiger partial charge on any atom is 0.119 e. The molecule has 2 nitrogen and oxygen atoms in total. The van der Waals surface area contributed by atoms with Gasteiger partial charge >= 0.3 is 0 Å². The van der Waals surface area contributed by atoms with Gasteiger partial charge in [-0.1, -0.05) is 45.7 Å². The second kappa shape index (κ2) is 6.62. The Morgan fingerprint density at radius 1 is 1.35 bits per heavy atom.